The van der Waals surface area contributed by atoms with Gasteiger partial charge < -0.3 is 15.0 Å². The monoisotopic (exact) mass is 408 g/mol. The number of rotatable bonds is 7. The highest BCUT2D eigenvalue weighted by molar-refractivity contribution is 6.40. The molecule has 0 saturated heterocycles. The largest absolute Gasteiger partial charge is 0.497 e. The second kappa shape index (κ2) is 9.69. The zero-order valence-electron chi connectivity index (χ0n) is 17.0. The Morgan fingerprint density at radius 1 is 1.13 bits per heavy atom. The number of anilines is 2. The van der Waals surface area contributed by atoms with E-state index in [0.717, 1.165) is 0 Å². The first kappa shape index (κ1) is 21.0. The van der Waals surface area contributed by atoms with Crippen LogP contribution in [0, 0.1) is 0 Å². The van der Waals surface area contributed by atoms with Gasteiger partial charge in [-0.05, 0) is 31.2 Å². The average Bonchev–Trinajstić information content (AvgIpc) is 2.78. The molecule has 30 heavy (non-hydrogen) atoms. The van der Waals surface area contributed by atoms with Gasteiger partial charge in [-0.1, -0.05) is 24.3 Å². The molecule has 0 unspecified atom stereocenters. The molecular weight excluding hydrogens is 384 g/mol. The van der Waals surface area contributed by atoms with Crippen molar-refractivity contribution in [2.45, 2.75) is 19.8 Å². The summed E-state index contributed by atoms with van der Waals surface area (Å²) < 4.78 is 5.15. The normalized spacial score (nSPS) is 13.5. The highest BCUT2D eigenvalue weighted by Gasteiger charge is 2.28. The van der Waals surface area contributed by atoms with Crippen LogP contribution in [0.15, 0.2) is 59.7 Å². The number of hydrazone groups is 1. The fraction of sp³-hybridized carbons (Fsp3) is 0.273. The Kier molecular flexibility index (Phi) is 6.79. The number of benzene rings is 2. The quantitative estimate of drug-likeness (QED) is 0.763. The highest BCUT2D eigenvalue weighted by atomic mass is 16.5. The summed E-state index contributed by atoms with van der Waals surface area (Å²) in [6, 6.07) is 15.9. The number of nitrogens with one attached hydrogen (secondary N) is 1. The molecule has 156 valence electrons. The Hall–Kier alpha value is -3.68. The molecule has 0 bridgehead atoms. The van der Waals surface area contributed by atoms with Crippen molar-refractivity contribution in [1.82, 2.24) is 4.90 Å². The molecular formula is C22H24N4O4. The molecule has 0 saturated carbocycles. The van der Waals surface area contributed by atoms with Gasteiger partial charge in [0.1, 0.15) is 18.0 Å². The molecule has 1 aliphatic rings. The van der Waals surface area contributed by atoms with Gasteiger partial charge in [0.15, 0.2) is 0 Å². The van der Waals surface area contributed by atoms with E-state index in [1.807, 2.05) is 6.07 Å². The zero-order valence-corrected chi connectivity index (χ0v) is 17.0. The molecule has 0 atom stereocenters. The van der Waals surface area contributed by atoms with Gasteiger partial charge in [-0.25, -0.2) is 5.01 Å². The van der Waals surface area contributed by atoms with Crippen LogP contribution in [0.4, 0.5) is 11.4 Å². The van der Waals surface area contributed by atoms with Crippen LogP contribution in [0.3, 0.4) is 0 Å². The summed E-state index contributed by atoms with van der Waals surface area (Å²) in [4.78, 5) is 39.1. The molecule has 3 amide bonds. The Labute approximate surface area is 175 Å². The summed E-state index contributed by atoms with van der Waals surface area (Å²) in [5.74, 6) is -0.229. The molecule has 0 aromatic heterocycles. The number of methoxy groups -OCH3 is 1. The third-order valence-corrected chi connectivity index (χ3v) is 4.64. The predicted octanol–water partition coefficient (Wildman–Crippen LogP) is 2.67. The number of carbonyl (C=O) groups excluding carboxylic acids is 3. The van der Waals surface area contributed by atoms with Crippen molar-refractivity contribution >= 4 is 34.8 Å². The highest BCUT2D eigenvalue weighted by Crippen LogP contribution is 2.20. The maximum Gasteiger partial charge on any atom is 0.270 e. The molecule has 8 heteroatoms. The van der Waals surface area contributed by atoms with Crippen molar-refractivity contribution in [3.63, 3.8) is 0 Å². The average molecular weight is 408 g/mol. The molecule has 2 aromatic carbocycles. The van der Waals surface area contributed by atoms with E-state index in [0.29, 0.717) is 23.7 Å². The number of hydrogen-bond acceptors (Lipinski definition) is 5. The number of hydrogen-bond donors (Lipinski definition) is 1. The number of nitrogens with zero attached hydrogens (tertiary/aromatic N) is 3. The van der Waals surface area contributed by atoms with Crippen LogP contribution in [-0.2, 0) is 14.4 Å². The van der Waals surface area contributed by atoms with Crippen LogP contribution >= 0.6 is 0 Å². The number of para-hydroxylation sites is 1. The molecule has 0 radical (unpaired) electrons. The minimum Gasteiger partial charge on any atom is -0.497 e. The summed E-state index contributed by atoms with van der Waals surface area (Å²) in [6.07, 6.45) is 0.433. The van der Waals surface area contributed by atoms with E-state index in [2.05, 4.69) is 10.4 Å². The smallest absolute Gasteiger partial charge is 0.270 e. The van der Waals surface area contributed by atoms with Crippen LogP contribution in [0.5, 0.6) is 5.75 Å². The lowest BCUT2D eigenvalue weighted by Gasteiger charge is -2.26. The maximum atomic E-state index is 13.0. The van der Waals surface area contributed by atoms with Gasteiger partial charge in [0.05, 0.1) is 12.8 Å². The Morgan fingerprint density at radius 3 is 2.60 bits per heavy atom. The van der Waals surface area contributed by atoms with E-state index in [9.17, 15) is 14.4 Å². The minimum absolute atomic E-state index is 0.120. The van der Waals surface area contributed by atoms with Crippen LogP contribution in [-0.4, -0.2) is 48.5 Å². The summed E-state index contributed by atoms with van der Waals surface area (Å²) in [5, 5.41) is 8.29. The van der Waals surface area contributed by atoms with Gasteiger partial charge in [-0.15, -0.1) is 0 Å². The molecule has 3 rings (SSSR count). The predicted molar refractivity (Wildman–Crippen MR) is 114 cm³/mol. The van der Waals surface area contributed by atoms with Crippen molar-refractivity contribution in [1.29, 1.82) is 0 Å². The second-order valence-electron chi connectivity index (χ2n) is 6.69. The van der Waals surface area contributed by atoms with Crippen LogP contribution in [0.1, 0.15) is 19.8 Å². The van der Waals surface area contributed by atoms with Gasteiger partial charge in [-0.2, -0.15) is 5.10 Å². The molecule has 8 nitrogen and oxygen atoms in total. The van der Waals surface area contributed by atoms with Crippen molar-refractivity contribution in [3.05, 3.63) is 54.6 Å². The number of ether oxygens (including phenoxy) is 1. The molecule has 1 N–H and O–H groups in total. The topological polar surface area (TPSA) is 91.3 Å². The third kappa shape index (κ3) is 5.02. The van der Waals surface area contributed by atoms with Gasteiger partial charge >= 0.3 is 0 Å². The van der Waals surface area contributed by atoms with Crippen LogP contribution in [0.25, 0.3) is 0 Å². The Morgan fingerprint density at radius 2 is 1.90 bits per heavy atom. The molecule has 0 aliphatic carbocycles. The fourth-order valence-corrected chi connectivity index (χ4v) is 3.06. The van der Waals surface area contributed by atoms with E-state index < -0.39 is 0 Å². The Bertz CT molecular complexity index is 959. The second-order valence-corrected chi connectivity index (χ2v) is 6.69. The summed E-state index contributed by atoms with van der Waals surface area (Å²) in [5.41, 5.74) is 1.44. The lowest BCUT2D eigenvalue weighted by molar-refractivity contribution is -0.129. The number of likely N-dealkylation sites (N-methyl/N-ethyl adjacent to an activating group) is 1. The Balaban J connectivity index is 1.70. The standard InChI is InChI=1S/C22H24N4O4/c1-3-25(15-20(27)23-16-8-7-11-18(14-16)30-2)22(29)19-12-13-21(28)26(24-19)17-9-5-4-6-10-17/h4-11,14H,3,12-13,15H2,1-2H3,(H,23,27). The maximum absolute atomic E-state index is 13.0. The lowest BCUT2D eigenvalue weighted by Crippen LogP contribution is -2.44. The van der Waals surface area contributed by atoms with E-state index in [4.69, 9.17) is 4.74 Å². The first-order chi connectivity index (χ1) is 14.5. The van der Waals surface area contributed by atoms with Crippen molar-refractivity contribution in [3.8, 4) is 5.75 Å². The summed E-state index contributed by atoms with van der Waals surface area (Å²) in [6.45, 7) is 2.01. The minimum atomic E-state index is -0.355. The van der Waals surface area contributed by atoms with Gasteiger partial charge in [0.2, 0.25) is 11.8 Å². The molecule has 0 fully saturated rings. The first-order valence-corrected chi connectivity index (χ1v) is 9.70. The van der Waals surface area contributed by atoms with Crippen LogP contribution in [0.2, 0.25) is 0 Å². The third-order valence-electron chi connectivity index (χ3n) is 4.64. The first-order valence-electron chi connectivity index (χ1n) is 9.70. The van der Waals surface area contributed by atoms with Gasteiger partial charge in [0.25, 0.3) is 5.91 Å². The molecule has 1 aliphatic heterocycles. The van der Waals surface area contributed by atoms with Crippen molar-refractivity contribution < 1.29 is 19.1 Å². The number of carbonyl (C=O) groups is 3. The van der Waals surface area contributed by atoms with E-state index in [1.165, 1.54) is 9.91 Å². The van der Waals surface area contributed by atoms with E-state index >= 15 is 0 Å². The molecule has 2 aromatic rings. The van der Waals surface area contributed by atoms with Gasteiger partial charge in [0, 0.05) is 31.1 Å². The van der Waals surface area contributed by atoms with E-state index in [1.54, 1.807) is 62.6 Å². The van der Waals surface area contributed by atoms with Gasteiger partial charge in [-0.3, -0.25) is 14.4 Å². The van der Waals surface area contributed by atoms with E-state index in [-0.39, 0.29) is 42.8 Å². The molecule has 0 spiro atoms. The summed E-state index contributed by atoms with van der Waals surface area (Å²) >= 11 is 0. The summed E-state index contributed by atoms with van der Waals surface area (Å²) in [7, 11) is 1.55. The van der Waals surface area contributed by atoms with Crippen molar-refractivity contribution in [2.75, 3.05) is 30.5 Å². The zero-order chi connectivity index (χ0) is 21.5. The van der Waals surface area contributed by atoms with Crippen LogP contribution < -0.4 is 15.1 Å². The SMILES string of the molecule is CCN(CC(=O)Nc1cccc(OC)c1)C(=O)C1=NN(c2ccccc2)C(=O)CC1. The van der Waals surface area contributed by atoms with Crippen molar-refractivity contribution in [2.24, 2.45) is 5.10 Å². The number of amides is 3. The molecule has 1 heterocycles. The lowest BCUT2D eigenvalue weighted by atomic mass is 10.1. The fourth-order valence-electron chi connectivity index (χ4n) is 3.06.